The summed E-state index contributed by atoms with van der Waals surface area (Å²) < 4.78 is 14.7. The normalized spacial score (nSPS) is 14.5. The smallest absolute Gasteiger partial charge is 0.271 e. The molecular weight excluding hydrogens is 429 g/mol. The summed E-state index contributed by atoms with van der Waals surface area (Å²) in [4.78, 5) is 17.5. The molecule has 176 valence electrons. The molecule has 34 heavy (non-hydrogen) atoms. The fourth-order valence-electron chi connectivity index (χ4n) is 3.75. The maximum absolute atomic E-state index is 14.7. The van der Waals surface area contributed by atoms with E-state index in [1.807, 2.05) is 42.5 Å². The van der Waals surface area contributed by atoms with Crippen LogP contribution in [0.15, 0.2) is 78.6 Å². The van der Waals surface area contributed by atoms with E-state index in [4.69, 9.17) is 5.73 Å². The molecule has 1 aliphatic rings. The topological polar surface area (TPSA) is 92.1 Å². The Hall–Kier alpha value is -3.55. The number of nitrogens with one attached hydrogen (secondary N) is 3. The van der Waals surface area contributed by atoms with Crippen molar-refractivity contribution >= 4 is 17.3 Å². The number of nitrogens with zero attached hydrogens (tertiary/aromatic N) is 1. The quantitative estimate of drug-likeness (QED) is 0.329. The molecule has 5 N–H and O–H groups in total. The van der Waals surface area contributed by atoms with Crippen LogP contribution in [0.1, 0.15) is 42.6 Å². The van der Waals surface area contributed by atoms with Crippen molar-refractivity contribution in [1.29, 1.82) is 0 Å². The summed E-state index contributed by atoms with van der Waals surface area (Å²) >= 11 is 0. The van der Waals surface area contributed by atoms with Gasteiger partial charge in [-0.2, -0.15) is 0 Å². The molecule has 0 aliphatic heterocycles. The standard InChI is InChI=1S/C27H30FN5O/c1-2-23(32-21-7-5-6-19(14-21)16-29)27(34)33-25-15-20(11-12-22(25)28)26(31-17-18-9-10-18)24-8-3-4-13-30-24/h2-8,11-15,18,26,31-32H,9-10,16-17,29H2,1H3,(H,33,34)/b23-2-. The van der Waals surface area contributed by atoms with E-state index in [9.17, 15) is 9.18 Å². The van der Waals surface area contributed by atoms with Gasteiger partial charge in [0.2, 0.25) is 0 Å². The Morgan fingerprint density at radius 2 is 2.00 bits per heavy atom. The van der Waals surface area contributed by atoms with E-state index < -0.39 is 11.7 Å². The predicted molar refractivity (Wildman–Crippen MR) is 134 cm³/mol. The second kappa shape index (κ2) is 11.0. The summed E-state index contributed by atoms with van der Waals surface area (Å²) in [6, 6.07) is 17.8. The minimum Gasteiger partial charge on any atom is -0.351 e. The molecule has 1 amide bonds. The number of nitrogens with two attached hydrogens (primary N) is 1. The maximum Gasteiger partial charge on any atom is 0.271 e. The molecule has 0 saturated heterocycles. The fourth-order valence-corrected chi connectivity index (χ4v) is 3.75. The van der Waals surface area contributed by atoms with Gasteiger partial charge in [-0.15, -0.1) is 0 Å². The number of aromatic nitrogens is 1. The van der Waals surface area contributed by atoms with E-state index in [0.717, 1.165) is 29.1 Å². The Kier molecular flexibility index (Phi) is 7.67. The number of allylic oxidation sites excluding steroid dienone is 1. The largest absolute Gasteiger partial charge is 0.351 e. The first-order valence-corrected chi connectivity index (χ1v) is 11.5. The van der Waals surface area contributed by atoms with Gasteiger partial charge in [-0.3, -0.25) is 9.78 Å². The average Bonchev–Trinajstić information content (AvgIpc) is 3.70. The number of rotatable bonds is 10. The minimum absolute atomic E-state index is 0.119. The maximum atomic E-state index is 14.7. The molecule has 3 aromatic rings. The van der Waals surface area contributed by atoms with E-state index in [-0.39, 0.29) is 11.7 Å². The predicted octanol–water partition coefficient (Wildman–Crippen LogP) is 4.72. The van der Waals surface area contributed by atoms with Gasteiger partial charge < -0.3 is 21.7 Å². The number of pyridine rings is 1. The van der Waals surface area contributed by atoms with Gasteiger partial charge in [-0.25, -0.2) is 4.39 Å². The number of hydrogen-bond donors (Lipinski definition) is 4. The Bertz CT molecular complexity index is 1160. The van der Waals surface area contributed by atoms with E-state index in [2.05, 4.69) is 20.9 Å². The summed E-state index contributed by atoms with van der Waals surface area (Å²) in [5.74, 6) is -0.261. The zero-order chi connectivity index (χ0) is 23.9. The third kappa shape index (κ3) is 6.07. The molecule has 0 radical (unpaired) electrons. The van der Waals surface area contributed by atoms with Gasteiger partial charge in [0.1, 0.15) is 11.5 Å². The lowest BCUT2D eigenvalue weighted by molar-refractivity contribution is -0.112. The molecular formula is C27H30FN5O. The van der Waals surface area contributed by atoms with Crippen LogP contribution in [-0.2, 0) is 11.3 Å². The van der Waals surface area contributed by atoms with Gasteiger partial charge in [0.15, 0.2) is 0 Å². The second-order valence-corrected chi connectivity index (χ2v) is 8.46. The number of carbonyl (C=O) groups excluding carboxylic acids is 1. The van der Waals surface area contributed by atoms with Crippen molar-refractivity contribution in [1.82, 2.24) is 10.3 Å². The van der Waals surface area contributed by atoms with E-state index in [0.29, 0.717) is 18.2 Å². The Morgan fingerprint density at radius 1 is 1.15 bits per heavy atom. The lowest BCUT2D eigenvalue weighted by Crippen LogP contribution is -2.26. The Morgan fingerprint density at radius 3 is 2.71 bits per heavy atom. The lowest BCUT2D eigenvalue weighted by Gasteiger charge is -2.20. The van der Waals surface area contributed by atoms with Gasteiger partial charge in [-0.05, 0) is 79.8 Å². The van der Waals surface area contributed by atoms with Gasteiger partial charge in [0, 0.05) is 18.4 Å². The van der Waals surface area contributed by atoms with Crippen molar-refractivity contribution in [2.24, 2.45) is 11.7 Å². The molecule has 7 heteroatoms. The third-order valence-electron chi connectivity index (χ3n) is 5.84. The van der Waals surface area contributed by atoms with Crippen LogP contribution >= 0.6 is 0 Å². The lowest BCUT2D eigenvalue weighted by atomic mass is 10.0. The molecule has 6 nitrogen and oxygen atoms in total. The molecule has 0 bridgehead atoms. The molecule has 1 heterocycles. The number of amides is 1. The molecule has 0 spiro atoms. The van der Waals surface area contributed by atoms with E-state index in [1.54, 1.807) is 31.3 Å². The highest BCUT2D eigenvalue weighted by molar-refractivity contribution is 6.05. The number of benzene rings is 2. The van der Waals surface area contributed by atoms with E-state index in [1.165, 1.54) is 18.9 Å². The van der Waals surface area contributed by atoms with Crippen LogP contribution in [0.3, 0.4) is 0 Å². The second-order valence-electron chi connectivity index (χ2n) is 8.46. The minimum atomic E-state index is -0.500. The number of halogens is 1. The zero-order valence-electron chi connectivity index (χ0n) is 19.2. The highest BCUT2D eigenvalue weighted by atomic mass is 19.1. The van der Waals surface area contributed by atoms with Crippen LogP contribution in [0.2, 0.25) is 0 Å². The van der Waals surface area contributed by atoms with Crippen LogP contribution in [0.5, 0.6) is 0 Å². The molecule has 2 aromatic carbocycles. The van der Waals surface area contributed by atoms with Crippen molar-refractivity contribution in [3.05, 3.63) is 101 Å². The fraction of sp³-hybridized carbons (Fsp3) is 0.259. The molecule has 1 fully saturated rings. The number of anilines is 2. The monoisotopic (exact) mass is 459 g/mol. The number of hydrogen-bond acceptors (Lipinski definition) is 5. The SMILES string of the molecule is C/C=C(\Nc1cccc(CN)c1)C(=O)Nc1cc(C(NCC2CC2)c2ccccn2)ccc1F. The summed E-state index contributed by atoms with van der Waals surface area (Å²) in [7, 11) is 0. The van der Waals surface area contributed by atoms with Crippen LogP contribution in [0.25, 0.3) is 0 Å². The van der Waals surface area contributed by atoms with Gasteiger partial charge in [0.05, 0.1) is 17.4 Å². The van der Waals surface area contributed by atoms with Crippen molar-refractivity contribution in [2.75, 3.05) is 17.2 Å². The number of carbonyl (C=O) groups is 1. The first-order chi connectivity index (χ1) is 16.6. The molecule has 1 aliphatic carbocycles. The van der Waals surface area contributed by atoms with Crippen LogP contribution < -0.4 is 21.7 Å². The first kappa shape index (κ1) is 23.6. The van der Waals surface area contributed by atoms with Gasteiger partial charge in [-0.1, -0.05) is 30.3 Å². The average molecular weight is 460 g/mol. The summed E-state index contributed by atoms with van der Waals surface area (Å²) in [5, 5.41) is 9.37. The van der Waals surface area contributed by atoms with Crippen molar-refractivity contribution in [2.45, 2.75) is 32.4 Å². The molecule has 1 aromatic heterocycles. The molecule has 1 unspecified atom stereocenters. The summed E-state index contributed by atoms with van der Waals surface area (Å²) in [6.45, 7) is 3.02. The molecule has 1 atom stereocenters. The summed E-state index contributed by atoms with van der Waals surface area (Å²) in [6.07, 6.45) is 5.84. The van der Waals surface area contributed by atoms with Gasteiger partial charge in [0.25, 0.3) is 5.91 Å². The summed E-state index contributed by atoms with van der Waals surface area (Å²) in [5.41, 5.74) is 9.50. The van der Waals surface area contributed by atoms with Crippen molar-refractivity contribution in [3.63, 3.8) is 0 Å². The van der Waals surface area contributed by atoms with Crippen LogP contribution in [0.4, 0.5) is 15.8 Å². The third-order valence-corrected chi connectivity index (χ3v) is 5.84. The highest BCUT2D eigenvalue weighted by Gasteiger charge is 2.24. The van der Waals surface area contributed by atoms with Gasteiger partial charge >= 0.3 is 0 Å². The van der Waals surface area contributed by atoms with Crippen LogP contribution in [-0.4, -0.2) is 17.4 Å². The first-order valence-electron chi connectivity index (χ1n) is 11.5. The van der Waals surface area contributed by atoms with Crippen molar-refractivity contribution < 1.29 is 9.18 Å². The zero-order valence-corrected chi connectivity index (χ0v) is 19.2. The van der Waals surface area contributed by atoms with Crippen molar-refractivity contribution in [3.8, 4) is 0 Å². The Balaban J connectivity index is 1.53. The van der Waals surface area contributed by atoms with E-state index >= 15 is 0 Å². The Labute approximate surface area is 199 Å². The highest BCUT2D eigenvalue weighted by Crippen LogP contribution is 2.31. The van der Waals surface area contributed by atoms with Crippen LogP contribution in [0, 0.1) is 11.7 Å². The molecule has 1 saturated carbocycles. The molecule has 4 rings (SSSR count).